The van der Waals surface area contributed by atoms with Crippen LogP contribution in [0.15, 0.2) is 6.07 Å². The zero-order valence-electron chi connectivity index (χ0n) is 12.9. The second kappa shape index (κ2) is 6.75. The Hall–Kier alpha value is -0.470. The SMILES string of the molecule is Cc1cc(C(C)NS(=O)(=O)N2CCCC(CN)C2)c(C)s1. The quantitative estimate of drug-likeness (QED) is 0.865. The summed E-state index contributed by atoms with van der Waals surface area (Å²) in [6.45, 7) is 7.63. The van der Waals surface area contributed by atoms with Crippen LogP contribution >= 0.6 is 11.3 Å². The maximum absolute atomic E-state index is 12.5. The lowest BCUT2D eigenvalue weighted by atomic mass is 10.0. The molecule has 2 atom stereocenters. The molecule has 0 radical (unpaired) electrons. The fourth-order valence-corrected chi connectivity index (χ4v) is 5.40. The number of nitrogens with zero attached hydrogens (tertiary/aromatic N) is 1. The summed E-state index contributed by atoms with van der Waals surface area (Å²) in [4.78, 5) is 2.37. The van der Waals surface area contributed by atoms with E-state index in [1.54, 1.807) is 15.6 Å². The predicted octanol–water partition coefficient (Wildman–Crippen LogP) is 1.93. The number of thiophene rings is 1. The van der Waals surface area contributed by atoms with Crippen molar-refractivity contribution in [1.29, 1.82) is 0 Å². The third-order valence-corrected chi connectivity index (χ3v) is 6.67. The molecule has 21 heavy (non-hydrogen) atoms. The Kier molecular flexibility index (Phi) is 5.43. The molecule has 1 aromatic heterocycles. The molecular formula is C14H25N3O2S2. The molecule has 0 saturated carbocycles. The van der Waals surface area contributed by atoms with E-state index in [0.29, 0.717) is 19.6 Å². The third-order valence-electron chi connectivity index (χ3n) is 4.03. The summed E-state index contributed by atoms with van der Waals surface area (Å²) in [6, 6.07) is 1.85. The summed E-state index contributed by atoms with van der Waals surface area (Å²) in [6.07, 6.45) is 1.90. The van der Waals surface area contributed by atoms with E-state index in [2.05, 4.69) is 10.8 Å². The number of hydrogen-bond donors (Lipinski definition) is 2. The summed E-state index contributed by atoms with van der Waals surface area (Å²) < 4.78 is 29.4. The number of nitrogens with one attached hydrogen (secondary N) is 1. The van der Waals surface area contributed by atoms with Crippen LogP contribution in [0.5, 0.6) is 0 Å². The van der Waals surface area contributed by atoms with Crippen molar-refractivity contribution in [3.8, 4) is 0 Å². The molecule has 1 fully saturated rings. The maximum Gasteiger partial charge on any atom is 0.280 e. The van der Waals surface area contributed by atoms with Crippen LogP contribution in [0, 0.1) is 19.8 Å². The van der Waals surface area contributed by atoms with Crippen LogP contribution < -0.4 is 10.5 Å². The molecule has 2 heterocycles. The molecule has 0 amide bonds. The average molecular weight is 332 g/mol. The minimum absolute atomic E-state index is 0.210. The Bertz CT molecular complexity index is 583. The van der Waals surface area contributed by atoms with E-state index >= 15 is 0 Å². The largest absolute Gasteiger partial charge is 0.330 e. The van der Waals surface area contributed by atoms with Crippen LogP contribution in [0.3, 0.4) is 0 Å². The van der Waals surface area contributed by atoms with E-state index in [1.165, 1.54) is 9.75 Å². The van der Waals surface area contributed by atoms with Crippen molar-refractivity contribution >= 4 is 21.5 Å². The van der Waals surface area contributed by atoms with E-state index < -0.39 is 10.2 Å². The predicted molar refractivity (Wildman–Crippen MR) is 87.6 cm³/mol. The molecule has 5 nitrogen and oxygen atoms in total. The molecule has 120 valence electrons. The molecule has 0 aromatic carbocycles. The molecule has 1 aliphatic rings. The number of aryl methyl sites for hydroxylation is 2. The monoisotopic (exact) mass is 331 g/mol. The highest BCUT2D eigenvalue weighted by molar-refractivity contribution is 7.87. The average Bonchev–Trinajstić information content (AvgIpc) is 2.77. The second-order valence-corrected chi connectivity index (χ2v) is 8.98. The van der Waals surface area contributed by atoms with Gasteiger partial charge in [0.15, 0.2) is 0 Å². The molecule has 0 aliphatic carbocycles. The smallest absolute Gasteiger partial charge is 0.280 e. The Morgan fingerprint density at radius 3 is 2.81 bits per heavy atom. The van der Waals surface area contributed by atoms with Gasteiger partial charge >= 0.3 is 0 Å². The molecule has 1 aliphatic heterocycles. The van der Waals surface area contributed by atoms with Crippen molar-refractivity contribution in [2.75, 3.05) is 19.6 Å². The van der Waals surface area contributed by atoms with Gasteiger partial charge in [-0.2, -0.15) is 17.4 Å². The van der Waals surface area contributed by atoms with Crippen LogP contribution in [-0.2, 0) is 10.2 Å². The fourth-order valence-electron chi connectivity index (χ4n) is 2.88. The van der Waals surface area contributed by atoms with Gasteiger partial charge in [-0.25, -0.2) is 0 Å². The highest BCUT2D eigenvalue weighted by atomic mass is 32.2. The minimum Gasteiger partial charge on any atom is -0.330 e. The van der Waals surface area contributed by atoms with Gasteiger partial charge in [-0.3, -0.25) is 0 Å². The molecular weight excluding hydrogens is 306 g/mol. The van der Waals surface area contributed by atoms with Gasteiger partial charge in [-0.15, -0.1) is 11.3 Å². The minimum atomic E-state index is -3.45. The van der Waals surface area contributed by atoms with Crippen molar-refractivity contribution in [1.82, 2.24) is 9.03 Å². The molecule has 3 N–H and O–H groups in total. The van der Waals surface area contributed by atoms with E-state index in [0.717, 1.165) is 18.4 Å². The van der Waals surface area contributed by atoms with Gasteiger partial charge < -0.3 is 5.73 Å². The number of piperidine rings is 1. The van der Waals surface area contributed by atoms with E-state index in [1.807, 2.05) is 20.8 Å². The normalized spacial score (nSPS) is 22.4. The standard InChI is InChI=1S/C14H25N3O2S2/c1-10-7-14(12(3)20-10)11(2)16-21(18,19)17-6-4-5-13(8-15)9-17/h7,11,13,16H,4-6,8-9,15H2,1-3H3. The Labute approximate surface area is 131 Å². The van der Waals surface area contributed by atoms with Gasteiger partial charge in [0.2, 0.25) is 0 Å². The van der Waals surface area contributed by atoms with E-state index in [4.69, 9.17) is 5.73 Å². The Balaban J connectivity index is 2.08. The van der Waals surface area contributed by atoms with Gasteiger partial charge in [-0.05, 0) is 57.7 Å². The van der Waals surface area contributed by atoms with Gasteiger partial charge in [0, 0.05) is 28.9 Å². The number of hydrogen-bond acceptors (Lipinski definition) is 4. The molecule has 2 rings (SSSR count). The highest BCUT2D eigenvalue weighted by Crippen LogP contribution is 2.27. The lowest BCUT2D eigenvalue weighted by Gasteiger charge is -2.32. The molecule has 1 aromatic rings. The Morgan fingerprint density at radius 2 is 2.24 bits per heavy atom. The number of nitrogens with two attached hydrogens (primary N) is 1. The van der Waals surface area contributed by atoms with Gasteiger partial charge in [0.25, 0.3) is 10.2 Å². The van der Waals surface area contributed by atoms with Crippen LogP contribution in [0.2, 0.25) is 0 Å². The lowest BCUT2D eigenvalue weighted by molar-refractivity contribution is 0.267. The van der Waals surface area contributed by atoms with Crippen LogP contribution in [0.1, 0.15) is 41.1 Å². The van der Waals surface area contributed by atoms with Gasteiger partial charge in [0.05, 0.1) is 0 Å². The lowest BCUT2D eigenvalue weighted by Crippen LogP contribution is -2.47. The van der Waals surface area contributed by atoms with Gasteiger partial charge in [0.1, 0.15) is 0 Å². The summed E-state index contributed by atoms with van der Waals surface area (Å²) in [5, 5.41) is 0. The second-order valence-electron chi connectivity index (χ2n) is 5.82. The summed E-state index contributed by atoms with van der Waals surface area (Å²) in [7, 11) is -3.45. The topological polar surface area (TPSA) is 75.4 Å². The first-order valence-corrected chi connectivity index (χ1v) is 9.63. The van der Waals surface area contributed by atoms with Crippen LogP contribution in [0.25, 0.3) is 0 Å². The third kappa shape index (κ3) is 4.04. The first-order chi connectivity index (χ1) is 9.83. The first kappa shape index (κ1) is 16.9. The highest BCUT2D eigenvalue weighted by Gasteiger charge is 2.29. The van der Waals surface area contributed by atoms with Gasteiger partial charge in [-0.1, -0.05) is 0 Å². The molecule has 0 spiro atoms. The van der Waals surface area contributed by atoms with Crippen LogP contribution in [0.4, 0.5) is 0 Å². The summed E-state index contributed by atoms with van der Waals surface area (Å²) in [5.41, 5.74) is 6.75. The number of rotatable bonds is 5. The molecule has 2 unspecified atom stereocenters. The summed E-state index contributed by atoms with van der Waals surface area (Å²) in [5.74, 6) is 0.274. The molecule has 7 heteroatoms. The van der Waals surface area contributed by atoms with E-state index in [9.17, 15) is 8.42 Å². The van der Waals surface area contributed by atoms with Crippen LogP contribution in [-0.4, -0.2) is 32.4 Å². The van der Waals surface area contributed by atoms with E-state index in [-0.39, 0.29) is 12.0 Å². The maximum atomic E-state index is 12.5. The Morgan fingerprint density at radius 1 is 1.52 bits per heavy atom. The molecule has 0 bridgehead atoms. The zero-order chi connectivity index (χ0) is 15.6. The van der Waals surface area contributed by atoms with Crippen molar-refractivity contribution in [3.63, 3.8) is 0 Å². The fraction of sp³-hybridized carbons (Fsp3) is 0.714. The van der Waals surface area contributed by atoms with Crippen molar-refractivity contribution in [3.05, 3.63) is 21.4 Å². The van der Waals surface area contributed by atoms with Crippen molar-refractivity contribution in [2.24, 2.45) is 11.7 Å². The molecule has 1 saturated heterocycles. The summed E-state index contributed by atoms with van der Waals surface area (Å²) >= 11 is 1.70. The zero-order valence-corrected chi connectivity index (χ0v) is 14.6. The van der Waals surface area contributed by atoms with Crippen molar-refractivity contribution < 1.29 is 8.42 Å². The first-order valence-electron chi connectivity index (χ1n) is 7.38. The van der Waals surface area contributed by atoms with Crippen molar-refractivity contribution in [2.45, 2.75) is 39.7 Å².